The number of aromatic nitrogens is 5. The lowest BCUT2D eigenvalue weighted by molar-refractivity contribution is -0.116. The molecule has 3 aromatic carbocycles. The number of amides is 2. The van der Waals surface area contributed by atoms with Crippen LogP contribution >= 0.6 is 0 Å². The molecule has 6 aromatic rings. The summed E-state index contributed by atoms with van der Waals surface area (Å²) in [6.45, 7) is 1.84. The van der Waals surface area contributed by atoms with Crippen LogP contribution in [0.3, 0.4) is 0 Å². The van der Waals surface area contributed by atoms with Gasteiger partial charge < -0.3 is 29.5 Å². The van der Waals surface area contributed by atoms with Crippen LogP contribution < -0.4 is 11.1 Å². The Balaban J connectivity index is 1.07. The molecule has 0 fully saturated rings. The normalized spacial score (nSPS) is 12.1. The predicted octanol–water partition coefficient (Wildman–Crippen LogP) is 5.46. The van der Waals surface area contributed by atoms with Gasteiger partial charge in [-0.1, -0.05) is 48.5 Å². The van der Waals surface area contributed by atoms with Gasteiger partial charge in [0.25, 0.3) is 5.91 Å². The highest BCUT2D eigenvalue weighted by atomic mass is 16.5. The number of imidazole rings is 2. The van der Waals surface area contributed by atoms with Gasteiger partial charge in [-0.15, -0.1) is 0 Å². The second-order valence-electron chi connectivity index (χ2n) is 11.3. The minimum Gasteiger partial charge on any atom is -0.372 e. The lowest BCUT2D eigenvalue weighted by Gasteiger charge is -2.19. The Bertz CT molecular complexity index is 1920. The Kier molecular flexibility index (Phi) is 9.02. The highest BCUT2D eigenvalue weighted by molar-refractivity contribution is 5.94. The predicted molar refractivity (Wildman–Crippen MR) is 175 cm³/mol. The topological polar surface area (TPSA) is 122 Å². The highest BCUT2D eigenvalue weighted by Gasteiger charge is 2.14. The molecule has 10 heteroatoms. The number of carbonyl (C=O) groups excluding carboxylic acids is 2. The molecular weight excluding hydrogens is 566 g/mol. The van der Waals surface area contributed by atoms with E-state index in [0.717, 1.165) is 58.4 Å². The third-order valence-corrected chi connectivity index (χ3v) is 8.07. The number of carbonyl (C=O) groups is 2. The van der Waals surface area contributed by atoms with Crippen LogP contribution in [0.15, 0.2) is 97.6 Å². The Morgan fingerprint density at radius 3 is 2.62 bits per heavy atom. The summed E-state index contributed by atoms with van der Waals surface area (Å²) in [6.07, 6.45) is 7.85. The lowest BCUT2D eigenvalue weighted by Crippen LogP contribution is -2.20. The van der Waals surface area contributed by atoms with Crippen molar-refractivity contribution in [3.05, 3.63) is 115 Å². The molecule has 2 amide bonds. The van der Waals surface area contributed by atoms with E-state index >= 15 is 0 Å². The van der Waals surface area contributed by atoms with Gasteiger partial charge in [-0.3, -0.25) is 9.59 Å². The van der Waals surface area contributed by atoms with Crippen LogP contribution in [0.2, 0.25) is 0 Å². The molecule has 0 aliphatic carbocycles. The molecule has 230 valence electrons. The van der Waals surface area contributed by atoms with E-state index in [9.17, 15) is 9.59 Å². The number of nitrogens with two attached hydrogens (primary N) is 1. The van der Waals surface area contributed by atoms with E-state index in [2.05, 4.69) is 32.1 Å². The van der Waals surface area contributed by atoms with Crippen LogP contribution in [0.5, 0.6) is 0 Å². The molecule has 0 spiro atoms. The standard InChI is InChI=1S/C35H37N7O3/c1-40-31-12-6-5-11-29(31)39-33(40)15-16-34(43)38-27-14-13-26-17-19-42(32(26)20-27)18-7-10-28(45-23-25-8-3-2-4-9-25)21-41-22-30(35(36)44)37-24-41/h2-6,8-9,11-14,17,19-20,22,24,28H,7,10,15-16,18,21,23H2,1H3,(H2,36,44)(H,38,43). The van der Waals surface area contributed by atoms with Crippen LogP contribution in [0.1, 0.15) is 41.1 Å². The Labute approximate surface area is 261 Å². The summed E-state index contributed by atoms with van der Waals surface area (Å²) in [5.74, 6) is 0.298. The van der Waals surface area contributed by atoms with E-state index < -0.39 is 5.91 Å². The molecule has 10 nitrogen and oxygen atoms in total. The molecule has 0 aliphatic rings. The van der Waals surface area contributed by atoms with Crippen molar-refractivity contribution in [2.45, 2.75) is 51.5 Å². The van der Waals surface area contributed by atoms with E-state index in [1.54, 1.807) is 12.5 Å². The SMILES string of the molecule is Cn1c(CCC(=O)Nc2ccc3ccn(CCCC(Cn4cnc(C(N)=O)c4)OCc4ccccc4)c3c2)nc2ccccc21. The molecule has 0 aliphatic heterocycles. The highest BCUT2D eigenvalue weighted by Crippen LogP contribution is 2.23. The van der Waals surface area contributed by atoms with Crippen LogP contribution in [-0.2, 0) is 42.7 Å². The summed E-state index contributed by atoms with van der Waals surface area (Å²) in [5.41, 5.74) is 10.6. The maximum Gasteiger partial charge on any atom is 0.268 e. The number of aryl methyl sites for hydroxylation is 3. The largest absolute Gasteiger partial charge is 0.372 e. The van der Waals surface area contributed by atoms with Gasteiger partial charge in [-0.05, 0) is 54.1 Å². The lowest BCUT2D eigenvalue weighted by atomic mass is 10.1. The van der Waals surface area contributed by atoms with Gasteiger partial charge in [-0.2, -0.15) is 0 Å². The molecule has 3 aromatic heterocycles. The maximum absolute atomic E-state index is 12.9. The number of ether oxygens (including phenoxy) is 1. The average Bonchev–Trinajstić information content (AvgIpc) is 3.77. The van der Waals surface area contributed by atoms with Crippen molar-refractivity contribution in [2.24, 2.45) is 12.8 Å². The summed E-state index contributed by atoms with van der Waals surface area (Å²) >= 11 is 0. The first-order valence-corrected chi connectivity index (χ1v) is 15.2. The summed E-state index contributed by atoms with van der Waals surface area (Å²) in [4.78, 5) is 33.2. The molecule has 0 radical (unpaired) electrons. The van der Waals surface area contributed by atoms with Crippen LogP contribution in [0, 0.1) is 0 Å². The van der Waals surface area contributed by atoms with Crippen LogP contribution in [0.4, 0.5) is 5.69 Å². The van der Waals surface area contributed by atoms with Gasteiger partial charge >= 0.3 is 0 Å². The molecular formula is C35H37N7O3. The fourth-order valence-electron chi connectivity index (χ4n) is 5.65. The van der Waals surface area contributed by atoms with Crippen molar-refractivity contribution in [1.29, 1.82) is 0 Å². The van der Waals surface area contributed by atoms with Crippen molar-refractivity contribution < 1.29 is 14.3 Å². The molecule has 6 rings (SSSR count). The Morgan fingerprint density at radius 2 is 1.82 bits per heavy atom. The molecule has 45 heavy (non-hydrogen) atoms. The number of nitrogens with one attached hydrogen (secondary N) is 1. The first kappa shape index (κ1) is 29.8. The van der Waals surface area contributed by atoms with Gasteiger partial charge in [0.1, 0.15) is 11.5 Å². The van der Waals surface area contributed by atoms with E-state index in [0.29, 0.717) is 26.0 Å². The van der Waals surface area contributed by atoms with Gasteiger partial charge in [0.2, 0.25) is 5.91 Å². The number of primary amides is 1. The van der Waals surface area contributed by atoms with Crippen LogP contribution in [-0.4, -0.2) is 41.6 Å². The van der Waals surface area contributed by atoms with E-state index in [4.69, 9.17) is 10.5 Å². The van der Waals surface area contributed by atoms with E-state index in [1.165, 1.54) is 0 Å². The first-order chi connectivity index (χ1) is 21.9. The monoisotopic (exact) mass is 603 g/mol. The summed E-state index contributed by atoms with van der Waals surface area (Å²) in [5, 5.41) is 4.18. The molecule has 1 atom stereocenters. The second kappa shape index (κ2) is 13.6. The minimum atomic E-state index is -0.549. The number of hydrogen-bond donors (Lipinski definition) is 2. The molecule has 3 heterocycles. The van der Waals surface area contributed by atoms with Crippen LogP contribution in [0.25, 0.3) is 21.9 Å². The average molecular weight is 604 g/mol. The van der Waals surface area contributed by atoms with Gasteiger partial charge in [0.05, 0.1) is 35.6 Å². The second-order valence-corrected chi connectivity index (χ2v) is 11.3. The fourth-order valence-corrected chi connectivity index (χ4v) is 5.65. The van der Waals surface area contributed by atoms with E-state index in [1.807, 2.05) is 89.0 Å². The number of nitrogens with zero attached hydrogens (tertiary/aromatic N) is 5. The number of benzene rings is 3. The van der Waals surface area contributed by atoms with Crippen molar-refractivity contribution in [1.82, 2.24) is 23.7 Å². The first-order valence-electron chi connectivity index (χ1n) is 15.2. The quantitative estimate of drug-likeness (QED) is 0.171. The number of hydrogen-bond acceptors (Lipinski definition) is 5. The summed E-state index contributed by atoms with van der Waals surface area (Å²) in [7, 11) is 1.99. The fraction of sp³-hybridized carbons (Fsp3) is 0.257. The number of anilines is 1. The van der Waals surface area contributed by atoms with Gasteiger partial charge in [-0.25, -0.2) is 9.97 Å². The number of para-hydroxylation sites is 2. The zero-order valence-corrected chi connectivity index (χ0v) is 25.3. The molecule has 0 bridgehead atoms. The van der Waals surface area contributed by atoms with E-state index in [-0.39, 0.29) is 17.7 Å². The minimum absolute atomic E-state index is 0.0445. The van der Waals surface area contributed by atoms with Crippen molar-refractivity contribution >= 4 is 39.4 Å². The van der Waals surface area contributed by atoms with Crippen molar-refractivity contribution in [2.75, 3.05) is 5.32 Å². The molecule has 1 unspecified atom stereocenters. The zero-order valence-electron chi connectivity index (χ0n) is 25.3. The zero-order chi connectivity index (χ0) is 31.2. The molecule has 3 N–H and O–H groups in total. The molecule has 0 saturated heterocycles. The number of rotatable bonds is 14. The maximum atomic E-state index is 12.9. The smallest absolute Gasteiger partial charge is 0.268 e. The molecule has 0 saturated carbocycles. The summed E-state index contributed by atoms with van der Waals surface area (Å²) < 4.78 is 12.4. The Morgan fingerprint density at radius 1 is 1.00 bits per heavy atom. The van der Waals surface area contributed by atoms with Gasteiger partial charge in [0, 0.05) is 51.1 Å². The third kappa shape index (κ3) is 7.30. The van der Waals surface area contributed by atoms with Gasteiger partial charge in [0.15, 0.2) is 0 Å². The number of fused-ring (bicyclic) bond motifs is 2. The van der Waals surface area contributed by atoms with Crippen molar-refractivity contribution in [3.63, 3.8) is 0 Å². The summed E-state index contributed by atoms with van der Waals surface area (Å²) in [6, 6.07) is 26.2. The van der Waals surface area contributed by atoms with Crippen molar-refractivity contribution in [3.8, 4) is 0 Å². The third-order valence-electron chi connectivity index (χ3n) is 8.07. The Hall–Kier alpha value is -5.22.